The van der Waals surface area contributed by atoms with E-state index in [-0.39, 0.29) is 23.9 Å². The third kappa shape index (κ3) is 5.65. The summed E-state index contributed by atoms with van der Waals surface area (Å²) in [5.41, 5.74) is 12.4. The van der Waals surface area contributed by atoms with Crippen LogP contribution in [0.5, 0.6) is 5.75 Å². The molecule has 0 N–H and O–H groups in total. The Labute approximate surface area is 341 Å². The molecule has 0 saturated carbocycles. The summed E-state index contributed by atoms with van der Waals surface area (Å²) >= 11 is 0. The zero-order chi connectivity index (χ0) is 38.6. The van der Waals surface area contributed by atoms with Crippen molar-refractivity contribution in [2.45, 2.75) is 100 Å². The quantitative estimate of drug-likeness (QED) is 0.189. The summed E-state index contributed by atoms with van der Waals surface area (Å²) in [6.45, 7) is 0. The van der Waals surface area contributed by atoms with Crippen LogP contribution >= 0.6 is 0 Å². The molecule has 11 rings (SSSR count). The standard InChI is InChI=1S/C52H47N5O/c53-32-33-29-36(31-37(30-33)45-26-11-12-28-54-45)38-20-13-24-43-47(38)39-19-7-8-22-41(39)52(43)42-23-9-10-27-46(42)58-48-40(21-14-25-44(48)52)51-56-49(34-15-3-1-4-16-34)55-50(57-51)35-17-5-2-6-18-35/h3,7-10,12,14-15,17,19-20,22-23,25,27-31,34,40,44,48H,1-2,4-6,11,13,16,18,21,24,26H2. The summed E-state index contributed by atoms with van der Waals surface area (Å²) in [7, 11) is 0. The lowest BCUT2D eigenvalue weighted by molar-refractivity contribution is 0.0686. The third-order valence-corrected chi connectivity index (χ3v) is 13.7. The average molecular weight is 758 g/mol. The summed E-state index contributed by atoms with van der Waals surface area (Å²) < 4.78 is 7.31. The van der Waals surface area contributed by atoms with Crippen molar-refractivity contribution < 1.29 is 4.74 Å². The summed E-state index contributed by atoms with van der Waals surface area (Å²) in [5, 5.41) is 10.3. The number of aliphatic imine (C=N–C) groups is 1. The van der Waals surface area contributed by atoms with E-state index in [2.05, 4.69) is 109 Å². The molecule has 4 aromatic rings. The molecule has 7 aliphatic rings. The number of hydrogen-bond acceptors (Lipinski definition) is 6. The smallest absolute Gasteiger partial charge is 0.159 e. The Morgan fingerprint density at radius 2 is 1.62 bits per heavy atom. The van der Waals surface area contributed by atoms with Crippen LogP contribution in [0.2, 0.25) is 0 Å². The van der Waals surface area contributed by atoms with E-state index >= 15 is 0 Å². The Morgan fingerprint density at radius 3 is 2.47 bits per heavy atom. The first-order chi connectivity index (χ1) is 28.7. The van der Waals surface area contributed by atoms with Gasteiger partial charge in [-0.05, 0) is 146 Å². The fraction of sp³-hybridized carbons (Fsp3) is 0.327. The lowest BCUT2D eigenvalue weighted by atomic mass is 9.56. The van der Waals surface area contributed by atoms with Gasteiger partial charge in [-0.25, -0.2) is 15.0 Å². The number of allylic oxidation sites excluding steroid dienone is 10. The maximum atomic E-state index is 10.3. The van der Waals surface area contributed by atoms with Crippen molar-refractivity contribution in [2.75, 3.05) is 0 Å². The molecule has 3 heterocycles. The second-order valence-electron chi connectivity index (χ2n) is 17.0. The number of nitriles is 1. The molecule has 2 aliphatic heterocycles. The minimum absolute atomic E-state index is 0.00525. The molecule has 5 unspecified atom stereocenters. The second kappa shape index (κ2) is 14.5. The van der Waals surface area contributed by atoms with Crippen molar-refractivity contribution in [3.8, 4) is 11.8 Å². The summed E-state index contributed by atoms with van der Waals surface area (Å²) in [6.07, 6.45) is 30.4. The Bertz CT molecular complexity index is 2610. The van der Waals surface area contributed by atoms with Crippen molar-refractivity contribution in [3.05, 3.63) is 172 Å². The van der Waals surface area contributed by atoms with Crippen LogP contribution in [0.25, 0.3) is 16.7 Å². The lowest BCUT2D eigenvalue weighted by Crippen LogP contribution is -2.52. The average Bonchev–Trinajstić information content (AvgIpc) is 3.60. The van der Waals surface area contributed by atoms with Gasteiger partial charge >= 0.3 is 0 Å². The minimum atomic E-state index is -0.454. The second-order valence-corrected chi connectivity index (χ2v) is 17.0. The highest BCUT2D eigenvalue weighted by Crippen LogP contribution is 2.65. The number of aromatic nitrogens is 3. The first-order valence-electron chi connectivity index (χ1n) is 21.6. The molecule has 5 atom stereocenters. The highest BCUT2D eigenvalue weighted by atomic mass is 16.5. The summed E-state index contributed by atoms with van der Waals surface area (Å²) in [5.74, 6) is 3.75. The molecule has 0 bridgehead atoms. The third-order valence-electron chi connectivity index (χ3n) is 13.7. The van der Waals surface area contributed by atoms with E-state index in [0.29, 0.717) is 5.56 Å². The molecule has 0 amide bonds. The first kappa shape index (κ1) is 35.2. The number of benzene rings is 3. The predicted octanol–water partition coefficient (Wildman–Crippen LogP) is 11.7. The van der Waals surface area contributed by atoms with Gasteiger partial charge in [0.05, 0.1) is 23.0 Å². The molecule has 1 aromatic heterocycles. The van der Waals surface area contributed by atoms with Crippen LogP contribution < -0.4 is 4.74 Å². The number of rotatable bonds is 5. The van der Waals surface area contributed by atoms with Gasteiger partial charge in [0, 0.05) is 29.3 Å². The van der Waals surface area contributed by atoms with Gasteiger partial charge in [0.15, 0.2) is 5.82 Å². The lowest BCUT2D eigenvalue weighted by Gasteiger charge is -2.51. The van der Waals surface area contributed by atoms with E-state index in [1.165, 1.54) is 51.8 Å². The molecule has 286 valence electrons. The van der Waals surface area contributed by atoms with Crippen LogP contribution in [0.3, 0.4) is 0 Å². The van der Waals surface area contributed by atoms with Crippen molar-refractivity contribution in [1.82, 2.24) is 15.0 Å². The molecule has 3 aromatic carbocycles. The van der Waals surface area contributed by atoms with Crippen LogP contribution in [-0.4, -0.2) is 26.8 Å². The van der Waals surface area contributed by atoms with Crippen molar-refractivity contribution in [3.63, 3.8) is 0 Å². The summed E-state index contributed by atoms with van der Waals surface area (Å²) in [4.78, 5) is 20.8. The van der Waals surface area contributed by atoms with E-state index in [1.54, 1.807) is 0 Å². The van der Waals surface area contributed by atoms with Gasteiger partial charge in [-0.2, -0.15) is 5.26 Å². The topological polar surface area (TPSA) is 84.0 Å². The molecular formula is C52H47N5O. The largest absolute Gasteiger partial charge is 0.489 e. The molecule has 0 radical (unpaired) electrons. The normalized spacial score (nSPS) is 26.7. The van der Waals surface area contributed by atoms with Gasteiger partial charge in [-0.1, -0.05) is 85.0 Å². The van der Waals surface area contributed by atoms with Gasteiger partial charge in [0.25, 0.3) is 0 Å². The van der Waals surface area contributed by atoms with E-state index in [0.717, 1.165) is 104 Å². The van der Waals surface area contributed by atoms with Crippen molar-refractivity contribution >= 4 is 22.4 Å². The highest BCUT2D eigenvalue weighted by Gasteiger charge is 2.59. The van der Waals surface area contributed by atoms with Crippen LogP contribution in [0.4, 0.5) is 0 Å². The van der Waals surface area contributed by atoms with Crippen molar-refractivity contribution in [1.29, 1.82) is 5.26 Å². The summed E-state index contributed by atoms with van der Waals surface area (Å²) in [6, 6.07) is 26.7. The fourth-order valence-corrected chi connectivity index (χ4v) is 11.2. The monoisotopic (exact) mass is 757 g/mol. The first-order valence-corrected chi connectivity index (χ1v) is 21.6. The van der Waals surface area contributed by atoms with Gasteiger partial charge < -0.3 is 4.74 Å². The number of para-hydroxylation sites is 1. The van der Waals surface area contributed by atoms with E-state index in [9.17, 15) is 5.26 Å². The predicted molar refractivity (Wildman–Crippen MR) is 230 cm³/mol. The minimum Gasteiger partial charge on any atom is -0.489 e. The SMILES string of the molecule is N#Cc1cc(C2=CCCC3=C2c2ccccc2C32c3ccccc3OC3C(c4nc(C5=CCCCC5)nc(C5C=CCCC5)n4)CC=CC32)cc(C2=NC=CCC2)c1. The molecule has 6 nitrogen and oxygen atoms in total. The highest BCUT2D eigenvalue weighted by molar-refractivity contribution is 6.12. The molecule has 5 aliphatic carbocycles. The van der Waals surface area contributed by atoms with Gasteiger partial charge in [0.2, 0.25) is 0 Å². The number of ether oxygens (including phenoxy) is 1. The number of nitrogens with zero attached hydrogens (tertiary/aromatic N) is 5. The van der Waals surface area contributed by atoms with Gasteiger partial charge in [-0.3, -0.25) is 4.99 Å². The van der Waals surface area contributed by atoms with Crippen LogP contribution in [0, 0.1) is 17.2 Å². The van der Waals surface area contributed by atoms with Gasteiger partial charge in [-0.15, -0.1) is 0 Å². The molecule has 1 spiro atoms. The Kier molecular flexibility index (Phi) is 8.79. The molecule has 0 fully saturated rings. The van der Waals surface area contributed by atoms with Crippen LogP contribution in [0.15, 0.2) is 126 Å². The van der Waals surface area contributed by atoms with E-state index < -0.39 is 5.41 Å². The molecular weight excluding hydrogens is 711 g/mol. The number of hydrogen-bond donors (Lipinski definition) is 0. The zero-order valence-corrected chi connectivity index (χ0v) is 32.9. The zero-order valence-electron chi connectivity index (χ0n) is 32.9. The molecule has 0 saturated heterocycles. The fourth-order valence-electron chi connectivity index (χ4n) is 11.2. The van der Waals surface area contributed by atoms with Crippen LogP contribution in [-0.2, 0) is 5.41 Å². The van der Waals surface area contributed by atoms with E-state index in [4.69, 9.17) is 24.7 Å². The molecule has 6 heteroatoms. The molecule has 58 heavy (non-hydrogen) atoms. The Balaban J connectivity index is 1.09. The number of fused-ring (bicyclic) bond motifs is 8. The van der Waals surface area contributed by atoms with Crippen molar-refractivity contribution in [2.24, 2.45) is 10.9 Å². The Morgan fingerprint density at radius 1 is 0.741 bits per heavy atom. The van der Waals surface area contributed by atoms with Crippen LogP contribution in [0.1, 0.15) is 140 Å². The van der Waals surface area contributed by atoms with E-state index in [1.807, 2.05) is 12.3 Å². The van der Waals surface area contributed by atoms with Gasteiger partial charge in [0.1, 0.15) is 23.5 Å². The Hall–Kier alpha value is -5.93. The maximum absolute atomic E-state index is 10.3. The maximum Gasteiger partial charge on any atom is 0.159 e.